The van der Waals surface area contributed by atoms with Crippen molar-refractivity contribution in [3.63, 3.8) is 0 Å². The summed E-state index contributed by atoms with van der Waals surface area (Å²) in [6.07, 6.45) is 9.42. The number of nitrogens with zero attached hydrogens (tertiary/aromatic N) is 2. The van der Waals surface area contributed by atoms with Gasteiger partial charge >= 0.3 is 18.0 Å². The highest BCUT2D eigenvalue weighted by Gasteiger charge is 2.34. The molecule has 0 spiro atoms. The molecule has 0 aromatic carbocycles. The molecular weight excluding hydrogens is 474 g/mol. The lowest BCUT2D eigenvalue weighted by Gasteiger charge is -2.40. The van der Waals surface area contributed by atoms with Gasteiger partial charge in [0, 0.05) is 62.6 Å². The van der Waals surface area contributed by atoms with Crippen LogP contribution in [0.15, 0.2) is 22.5 Å². The highest BCUT2D eigenvalue weighted by Crippen LogP contribution is 2.33. The lowest BCUT2D eigenvalue weighted by Crippen LogP contribution is -2.51. The smallest absolute Gasteiger partial charge is 0.333 e. The fourth-order valence-electron chi connectivity index (χ4n) is 6.03. The molecule has 0 aromatic rings. The van der Waals surface area contributed by atoms with Gasteiger partial charge in [-0.25, -0.2) is 14.4 Å². The van der Waals surface area contributed by atoms with Gasteiger partial charge in [-0.05, 0) is 52.5 Å². The van der Waals surface area contributed by atoms with E-state index in [4.69, 9.17) is 0 Å². The lowest BCUT2D eigenvalue weighted by molar-refractivity contribution is -0.134. The number of carbonyl (C=O) groups is 3. The lowest BCUT2D eigenvalue weighted by atomic mass is 9.82. The molecule has 1 saturated carbocycles. The summed E-state index contributed by atoms with van der Waals surface area (Å²) in [7, 11) is 0. The molecule has 10 heteroatoms. The number of allylic oxidation sites excluding steroid dienone is 2. The van der Waals surface area contributed by atoms with Crippen molar-refractivity contribution in [2.45, 2.75) is 77.7 Å². The minimum absolute atomic E-state index is 0.101. The van der Waals surface area contributed by atoms with Crippen molar-refractivity contribution < 1.29 is 24.6 Å². The molecule has 208 valence electrons. The van der Waals surface area contributed by atoms with Gasteiger partial charge in [0.2, 0.25) is 0 Å². The first-order valence-electron chi connectivity index (χ1n) is 13.9. The zero-order valence-electron chi connectivity index (χ0n) is 22.5. The number of nitrogens with one attached hydrogen (secondary N) is 3. The Morgan fingerprint density at radius 1 is 0.838 bits per heavy atom. The van der Waals surface area contributed by atoms with E-state index in [1.807, 2.05) is 0 Å². The predicted molar refractivity (Wildman–Crippen MR) is 142 cm³/mol. The van der Waals surface area contributed by atoms with Gasteiger partial charge in [-0.1, -0.05) is 25.7 Å². The number of urea groups is 1. The number of piperazine rings is 1. The summed E-state index contributed by atoms with van der Waals surface area (Å²) in [5.74, 6) is -2.88. The number of carbonyl (C=O) groups excluding carboxylic acids is 1. The van der Waals surface area contributed by atoms with Crippen molar-refractivity contribution in [2.75, 3.05) is 45.8 Å². The van der Waals surface area contributed by atoms with Crippen molar-refractivity contribution in [2.24, 2.45) is 5.92 Å². The van der Waals surface area contributed by atoms with E-state index < -0.39 is 17.9 Å². The van der Waals surface area contributed by atoms with Crippen molar-refractivity contribution in [1.29, 1.82) is 0 Å². The SMILES string of the molecule is CC1=C(C(=O)O)C(CCCCNC(=O)NCCCN2CCN(C3CCCCC3)CC2)C(C(=O)O)=C(C)N1. The van der Waals surface area contributed by atoms with Gasteiger partial charge in [-0.3, -0.25) is 4.90 Å². The van der Waals surface area contributed by atoms with Gasteiger partial charge < -0.3 is 31.1 Å². The van der Waals surface area contributed by atoms with Crippen LogP contribution in [0, 0.1) is 5.92 Å². The van der Waals surface area contributed by atoms with E-state index in [1.165, 1.54) is 32.1 Å². The molecule has 1 saturated heterocycles. The molecule has 0 unspecified atom stereocenters. The zero-order valence-corrected chi connectivity index (χ0v) is 22.5. The molecule has 37 heavy (non-hydrogen) atoms. The van der Waals surface area contributed by atoms with Gasteiger partial charge in [0.05, 0.1) is 11.1 Å². The number of carboxylic acid groups (broad SMARTS) is 2. The molecule has 5 N–H and O–H groups in total. The van der Waals surface area contributed by atoms with E-state index in [0.29, 0.717) is 43.7 Å². The van der Waals surface area contributed by atoms with Crippen LogP contribution in [0.25, 0.3) is 0 Å². The molecule has 3 rings (SSSR count). The third kappa shape index (κ3) is 8.46. The summed E-state index contributed by atoms with van der Waals surface area (Å²) in [5.41, 5.74) is 1.15. The van der Waals surface area contributed by atoms with Crippen molar-refractivity contribution in [3.05, 3.63) is 22.5 Å². The molecule has 10 nitrogen and oxygen atoms in total. The van der Waals surface area contributed by atoms with Crippen LogP contribution < -0.4 is 16.0 Å². The van der Waals surface area contributed by atoms with Gasteiger partial charge in [-0.2, -0.15) is 0 Å². The summed E-state index contributed by atoms with van der Waals surface area (Å²) in [4.78, 5) is 40.8. The minimum Gasteiger partial charge on any atom is -0.478 e. The Morgan fingerprint density at radius 3 is 1.97 bits per heavy atom. The average molecular weight is 520 g/mol. The summed E-state index contributed by atoms with van der Waals surface area (Å²) >= 11 is 0. The van der Waals surface area contributed by atoms with Crippen LogP contribution in [-0.2, 0) is 9.59 Å². The number of hydrogen-bond acceptors (Lipinski definition) is 6. The van der Waals surface area contributed by atoms with E-state index in [1.54, 1.807) is 13.8 Å². The molecule has 0 aromatic heterocycles. The normalized spacial score (nSPS) is 20.6. The fraction of sp³-hybridized carbons (Fsp3) is 0.741. The highest BCUT2D eigenvalue weighted by molar-refractivity contribution is 5.96. The first-order chi connectivity index (χ1) is 17.8. The van der Waals surface area contributed by atoms with Gasteiger partial charge in [-0.15, -0.1) is 0 Å². The largest absolute Gasteiger partial charge is 0.478 e. The molecule has 2 aliphatic heterocycles. The van der Waals surface area contributed by atoms with Crippen molar-refractivity contribution in [1.82, 2.24) is 25.8 Å². The van der Waals surface area contributed by atoms with Crippen LogP contribution in [0.1, 0.15) is 71.6 Å². The van der Waals surface area contributed by atoms with Crippen LogP contribution in [-0.4, -0.2) is 89.8 Å². The number of unbranched alkanes of at least 4 members (excludes halogenated alkanes) is 1. The standard InChI is InChI=1S/C27H45N5O5/c1-19-23(25(33)34)22(24(26(35)36)20(2)30-19)11-6-7-12-28-27(37)29-13-8-14-31-15-17-32(18-16-31)21-9-4-3-5-10-21/h21-22,30H,3-18H2,1-2H3,(H,33,34)(H,35,36)(H2,28,29,37). The number of dihydropyridines is 1. The second kappa shape index (κ2) is 14.4. The number of rotatable bonds is 12. The first-order valence-corrected chi connectivity index (χ1v) is 13.9. The molecule has 0 radical (unpaired) electrons. The molecule has 3 aliphatic rings. The van der Waals surface area contributed by atoms with Crippen molar-refractivity contribution in [3.8, 4) is 0 Å². The van der Waals surface area contributed by atoms with Crippen molar-refractivity contribution >= 4 is 18.0 Å². The predicted octanol–water partition coefficient (Wildman–Crippen LogP) is 2.73. The molecule has 2 fully saturated rings. The van der Waals surface area contributed by atoms with Crippen LogP contribution >= 0.6 is 0 Å². The minimum atomic E-state index is -1.11. The molecule has 0 atom stereocenters. The number of amides is 2. The van der Waals surface area contributed by atoms with E-state index in [-0.39, 0.29) is 17.2 Å². The van der Waals surface area contributed by atoms with Gasteiger partial charge in [0.1, 0.15) is 0 Å². The first kappa shape index (κ1) is 29.0. The van der Waals surface area contributed by atoms with Crippen LogP contribution in [0.5, 0.6) is 0 Å². The van der Waals surface area contributed by atoms with Crippen LogP contribution in [0.4, 0.5) is 4.79 Å². The zero-order chi connectivity index (χ0) is 26.8. The van der Waals surface area contributed by atoms with Gasteiger partial charge in [0.25, 0.3) is 0 Å². The second-order valence-corrected chi connectivity index (χ2v) is 10.6. The Kier molecular flexibility index (Phi) is 11.3. The Morgan fingerprint density at radius 2 is 1.41 bits per heavy atom. The number of carboxylic acids is 2. The fourth-order valence-corrected chi connectivity index (χ4v) is 6.03. The Labute approximate surface area is 220 Å². The van der Waals surface area contributed by atoms with E-state index >= 15 is 0 Å². The Hall–Kier alpha value is -2.59. The maximum Gasteiger partial charge on any atom is 0.333 e. The molecule has 0 bridgehead atoms. The summed E-state index contributed by atoms with van der Waals surface area (Å²) in [6, 6.07) is 0.591. The maximum atomic E-state index is 12.1. The monoisotopic (exact) mass is 519 g/mol. The summed E-state index contributed by atoms with van der Waals surface area (Å²) < 4.78 is 0. The highest BCUT2D eigenvalue weighted by atomic mass is 16.4. The second-order valence-electron chi connectivity index (χ2n) is 10.6. The summed E-state index contributed by atoms with van der Waals surface area (Å²) in [6.45, 7) is 9.91. The van der Waals surface area contributed by atoms with E-state index in [2.05, 4.69) is 25.8 Å². The molecule has 2 heterocycles. The third-order valence-electron chi connectivity index (χ3n) is 7.98. The third-order valence-corrected chi connectivity index (χ3v) is 7.98. The van der Waals surface area contributed by atoms with E-state index in [9.17, 15) is 24.6 Å². The Balaban J connectivity index is 1.27. The van der Waals surface area contributed by atoms with E-state index in [0.717, 1.165) is 45.2 Å². The number of aliphatic carboxylic acids is 2. The average Bonchev–Trinajstić information content (AvgIpc) is 2.86. The molecular formula is C27H45N5O5. The molecule has 1 aliphatic carbocycles. The Bertz CT molecular complexity index is 836. The maximum absolute atomic E-state index is 12.1. The molecule has 2 amide bonds. The summed E-state index contributed by atoms with van der Waals surface area (Å²) in [5, 5.41) is 27.9. The van der Waals surface area contributed by atoms with Crippen LogP contribution in [0.2, 0.25) is 0 Å². The number of hydrogen-bond donors (Lipinski definition) is 5. The van der Waals surface area contributed by atoms with Gasteiger partial charge in [0.15, 0.2) is 0 Å². The van der Waals surface area contributed by atoms with Crippen LogP contribution in [0.3, 0.4) is 0 Å². The quantitative estimate of drug-likeness (QED) is 0.249. The topological polar surface area (TPSA) is 134 Å².